The minimum absolute atomic E-state index is 0.404. The predicted octanol–water partition coefficient (Wildman–Crippen LogP) is 2.21. The maximum Gasteiger partial charge on any atom is 0.320 e. The van der Waals surface area contributed by atoms with Crippen molar-refractivity contribution >= 4 is 11.7 Å². The van der Waals surface area contributed by atoms with Gasteiger partial charge in [0.05, 0.1) is 13.2 Å². The maximum atomic E-state index is 5.56. The fourth-order valence-corrected chi connectivity index (χ4v) is 1.93. The molecule has 0 atom stereocenters. The number of benzene rings is 1. The molecule has 1 aromatic heterocycles. The van der Waals surface area contributed by atoms with Crippen LogP contribution in [-0.2, 0) is 17.9 Å². The Kier molecular flexibility index (Phi) is 3.94. The fraction of sp³-hybridized carbons (Fsp3) is 0.429. The molecule has 1 fully saturated rings. The van der Waals surface area contributed by atoms with Gasteiger partial charge in [0.2, 0.25) is 5.89 Å². The van der Waals surface area contributed by atoms with Crippen LogP contribution in [-0.4, -0.2) is 23.3 Å². The number of hydrogen-bond acceptors (Lipinski definition) is 6. The van der Waals surface area contributed by atoms with Crippen LogP contribution in [0.5, 0.6) is 0 Å². The van der Waals surface area contributed by atoms with Crippen molar-refractivity contribution in [3.8, 4) is 0 Å². The van der Waals surface area contributed by atoms with Crippen LogP contribution in [0.3, 0.4) is 0 Å². The van der Waals surface area contributed by atoms with Crippen molar-refractivity contribution in [3.63, 3.8) is 0 Å². The summed E-state index contributed by atoms with van der Waals surface area (Å²) in [5.74, 6) is 0.601. The number of nitrogens with one attached hydrogen (secondary N) is 2. The highest BCUT2D eigenvalue weighted by Gasteiger charge is 2.21. The van der Waals surface area contributed by atoms with Gasteiger partial charge in [0.25, 0.3) is 0 Å². The Morgan fingerprint density at radius 1 is 1.30 bits per heavy atom. The molecule has 6 heteroatoms. The largest absolute Gasteiger partial charge is 0.406 e. The molecule has 20 heavy (non-hydrogen) atoms. The number of rotatable bonds is 7. The van der Waals surface area contributed by atoms with Crippen LogP contribution in [0.4, 0.5) is 11.7 Å². The van der Waals surface area contributed by atoms with Gasteiger partial charge in [-0.2, -0.15) is 0 Å². The van der Waals surface area contributed by atoms with Gasteiger partial charge in [-0.25, -0.2) is 0 Å². The molecule has 1 saturated carbocycles. The number of methoxy groups -OCH3 is 1. The van der Waals surface area contributed by atoms with E-state index >= 15 is 0 Å². The molecule has 0 saturated heterocycles. The summed E-state index contributed by atoms with van der Waals surface area (Å²) >= 11 is 0. The van der Waals surface area contributed by atoms with E-state index in [0.29, 0.717) is 31.1 Å². The van der Waals surface area contributed by atoms with Gasteiger partial charge in [-0.3, -0.25) is 0 Å². The summed E-state index contributed by atoms with van der Waals surface area (Å²) < 4.78 is 10.7. The van der Waals surface area contributed by atoms with Gasteiger partial charge in [-0.1, -0.05) is 23.3 Å². The van der Waals surface area contributed by atoms with Crippen LogP contribution in [0.15, 0.2) is 28.7 Å². The second-order valence-electron chi connectivity index (χ2n) is 4.87. The Morgan fingerprint density at radius 2 is 2.15 bits per heavy atom. The molecule has 106 valence electrons. The van der Waals surface area contributed by atoms with Crippen molar-refractivity contribution in [2.24, 2.45) is 0 Å². The van der Waals surface area contributed by atoms with Crippen molar-refractivity contribution in [2.75, 3.05) is 12.4 Å². The van der Waals surface area contributed by atoms with Crippen molar-refractivity contribution in [1.29, 1.82) is 0 Å². The van der Waals surface area contributed by atoms with Gasteiger partial charge in [0.1, 0.15) is 0 Å². The summed E-state index contributed by atoms with van der Waals surface area (Å²) in [7, 11) is 1.67. The molecule has 0 bridgehead atoms. The van der Waals surface area contributed by atoms with E-state index in [1.165, 1.54) is 12.8 Å². The van der Waals surface area contributed by atoms with Gasteiger partial charge in [-0.05, 0) is 18.9 Å². The molecule has 1 aromatic carbocycles. The summed E-state index contributed by atoms with van der Waals surface area (Å²) in [4.78, 5) is 0. The fourth-order valence-electron chi connectivity index (χ4n) is 1.93. The lowest BCUT2D eigenvalue weighted by atomic mass is 10.2. The average molecular weight is 274 g/mol. The SMILES string of the molecule is COCc1ccccc1Nc1nnc(CNC2CC2)o1. The summed E-state index contributed by atoms with van der Waals surface area (Å²) in [6, 6.07) is 8.91. The quantitative estimate of drug-likeness (QED) is 0.806. The van der Waals surface area contributed by atoms with Crippen molar-refractivity contribution in [3.05, 3.63) is 35.7 Å². The van der Waals surface area contributed by atoms with Crippen LogP contribution in [0, 0.1) is 0 Å². The normalized spacial score (nSPS) is 14.4. The van der Waals surface area contributed by atoms with Gasteiger partial charge in [-0.15, -0.1) is 5.10 Å². The first kappa shape index (κ1) is 13.1. The molecule has 6 nitrogen and oxygen atoms in total. The predicted molar refractivity (Wildman–Crippen MR) is 74.6 cm³/mol. The van der Waals surface area contributed by atoms with E-state index in [1.54, 1.807) is 7.11 Å². The Hall–Kier alpha value is -1.92. The zero-order valence-electron chi connectivity index (χ0n) is 11.4. The van der Waals surface area contributed by atoms with Gasteiger partial charge in [0.15, 0.2) is 0 Å². The second kappa shape index (κ2) is 6.02. The lowest BCUT2D eigenvalue weighted by Crippen LogP contribution is -2.15. The zero-order chi connectivity index (χ0) is 13.8. The van der Waals surface area contributed by atoms with E-state index < -0.39 is 0 Å². The molecule has 2 aromatic rings. The molecule has 0 aliphatic heterocycles. The van der Waals surface area contributed by atoms with Crippen LogP contribution in [0.2, 0.25) is 0 Å². The van der Waals surface area contributed by atoms with Gasteiger partial charge in [0, 0.05) is 24.4 Å². The molecule has 1 heterocycles. The molecule has 1 aliphatic carbocycles. The number of para-hydroxylation sites is 1. The van der Waals surface area contributed by atoms with E-state index in [1.807, 2.05) is 24.3 Å². The third-order valence-electron chi connectivity index (χ3n) is 3.14. The summed E-state index contributed by atoms with van der Waals surface area (Å²) in [5, 5.41) is 14.5. The second-order valence-corrected chi connectivity index (χ2v) is 4.87. The molecule has 0 unspecified atom stereocenters. The lowest BCUT2D eigenvalue weighted by molar-refractivity contribution is 0.185. The van der Waals surface area contributed by atoms with Gasteiger partial charge < -0.3 is 19.8 Å². The lowest BCUT2D eigenvalue weighted by Gasteiger charge is -2.07. The highest BCUT2D eigenvalue weighted by Crippen LogP contribution is 2.22. The minimum atomic E-state index is 0.404. The van der Waals surface area contributed by atoms with Crippen LogP contribution in [0.1, 0.15) is 24.3 Å². The van der Waals surface area contributed by atoms with Crippen molar-refractivity contribution in [1.82, 2.24) is 15.5 Å². The maximum absolute atomic E-state index is 5.56. The number of aromatic nitrogens is 2. The Balaban J connectivity index is 1.64. The highest BCUT2D eigenvalue weighted by molar-refractivity contribution is 5.57. The van der Waals surface area contributed by atoms with E-state index in [-0.39, 0.29) is 0 Å². The van der Waals surface area contributed by atoms with Crippen LogP contribution >= 0.6 is 0 Å². The Labute approximate surface area is 117 Å². The Morgan fingerprint density at radius 3 is 2.95 bits per heavy atom. The molecule has 2 N–H and O–H groups in total. The molecular weight excluding hydrogens is 256 g/mol. The number of hydrogen-bond donors (Lipinski definition) is 2. The summed E-state index contributed by atoms with van der Waals surface area (Å²) in [5.41, 5.74) is 1.96. The number of nitrogens with zero attached hydrogens (tertiary/aromatic N) is 2. The molecule has 0 radical (unpaired) electrons. The number of anilines is 2. The first-order valence-electron chi connectivity index (χ1n) is 6.75. The third kappa shape index (κ3) is 3.34. The highest BCUT2D eigenvalue weighted by atomic mass is 16.5. The summed E-state index contributed by atoms with van der Waals surface area (Å²) in [6.45, 7) is 1.16. The molecule has 0 spiro atoms. The topological polar surface area (TPSA) is 72.2 Å². The molecule has 3 rings (SSSR count). The molecular formula is C14H18N4O2. The van der Waals surface area contributed by atoms with Crippen molar-refractivity contribution < 1.29 is 9.15 Å². The standard InChI is InChI=1S/C14H18N4O2/c1-19-9-10-4-2-3-5-12(10)16-14-18-17-13(20-14)8-15-11-6-7-11/h2-5,11,15H,6-9H2,1H3,(H,16,18). The van der Waals surface area contributed by atoms with Crippen LogP contribution in [0.25, 0.3) is 0 Å². The average Bonchev–Trinajstić information content (AvgIpc) is 3.19. The van der Waals surface area contributed by atoms with E-state index in [0.717, 1.165) is 11.3 Å². The van der Waals surface area contributed by atoms with E-state index in [2.05, 4.69) is 20.8 Å². The molecule has 0 amide bonds. The van der Waals surface area contributed by atoms with E-state index in [9.17, 15) is 0 Å². The molecule has 1 aliphatic rings. The summed E-state index contributed by atoms with van der Waals surface area (Å²) in [6.07, 6.45) is 2.48. The number of ether oxygens (including phenoxy) is 1. The first-order valence-corrected chi connectivity index (χ1v) is 6.75. The smallest absolute Gasteiger partial charge is 0.320 e. The van der Waals surface area contributed by atoms with E-state index in [4.69, 9.17) is 9.15 Å². The minimum Gasteiger partial charge on any atom is -0.406 e. The monoisotopic (exact) mass is 274 g/mol. The third-order valence-corrected chi connectivity index (χ3v) is 3.14. The van der Waals surface area contributed by atoms with Crippen molar-refractivity contribution in [2.45, 2.75) is 32.0 Å². The Bertz CT molecular complexity index is 566. The first-order chi connectivity index (χ1) is 9.85. The van der Waals surface area contributed by atoms with Crippen LogP contribution < -0.4 is 10.6 Å². The van der Waals surface area contributed by atoms with Gasteiger partial charge >= 0.3 is 6.01 Å². The zero-order valence-corrected chi connectivity index (χ0v) is 11.4.